The van der Waals surface area contributed by atoms with Crippen molar-refractivity contribution in [1.29, 1.82) is 0 Å². The first-order chi connectivity index (χ1) is 17.3. The van der Waals surface area contributed by atoms with Crippen molar-refractivity contribution in [2.45, 2.75) is 6.04 Å². The Bertz CT molecular complexity index is 1440. The van der Waals surface area contributed by atoms with E-state index in [1.165, 1.54) is 32.4 Å². The van der Waals surface area contributed by atoms with Crippen LogP contribution in [-0.4, -0.2) is 37.8 Å². The topological polar surface area (TPSA) is 94.5 Å². The van der Waals surface area contributed by atoms with Crippen LogP contribution >= 0.6 is 11.6 Å². The van der Waals surface area contributed by atoms with E-state index in [-0.39, 0.29) is 28.6 Å². The Morgan fingerprint density at radius 2 is 1.75 bits per heavy atom. The molecule has 1 unspecified atom stereocenters. The number of aliphatic hydroxyl groups excluding tert-OH is 1. The Morgan fingerprint density at radius 1 is 1.00 bits per heavy atom. The Labute approximate surface area is 210 Å². The highest BCUT2D eigenvalue weighted by Gasteiger charge is 2.47. The van der Waals surface area contributed by atoms with E-state index < -0.39 is 29.3 Å². The number of rotatable bonds is 5. The molecule has 1 fully saturated rings. The predicted molar refractivity (Wildman–Crippen MR) is 128 cm³/mol. The average molecular weight is 512 g/mol. The van der Waals surface area contributed by atoms with Gasteiger partial charge in [0, 0.05) is 11.3 Å². The van der Waals surface area contributed by atoms with Crippen LogP contribution < -0.4 is 23.8 Å². The summed E-state index contributed by atoms with van der Waals surface area (Å²) in [6.07, 6.45) is 0. The SMILES string of the molecule is COc1ccc(C2/C(=C(\O)c3ccc4c(c3)OCO4)C(=O)C(=O)N2c2ccc(F)c(Cl)c2)cc1OC. The Balaban J connectivity index is 1.73. The molecular weight excluding hydrogens is 493 g/mol. The fraction of sp³-hybridized carbons (Fsp3) is 0.154. The van der Waals surface area contributed by atoms with Gasteiger partial charge in [-0.25, -0.2) is 4.39 Å². The summed E-state index contributed by atoms with van der Waals surface area (Å²) in [5, 5.41) is 11.1. The molecule has 2 heterocycles. The van der Waals surface area contributed by atoms with Crippen LogP contribution in [0.15, 0.2) is 60.2 Å². The maximum Gasteiger partial charge on any atom is 0.300 e. The number of fused-ring (bicyclic) bond motifs is 1. The number of aliphatic hydroxyl groups is 1. The number of halogens is 2. The molecule has 3 aromatic rings. The van der Waals surface area contributed by atoms with Gasteiger partial charge in [0.2, 0.25) is 6.79 Å². The van der Waals surface area contributed by atoms with Crippen LogP contribution in [0.1, 0.15) is 17.2 Å². The van der Waals surface area contributed by atoms with Crippen molar-refractivity contribution < 1.29 is 38.0 Å². The van der Waals surface area contributed by atoms with E-state index in [2.05, 4.69) is 0 Å². The highest BCUT2D eigenvalue weighted by atomic mass is 35.5. The molecule has 0 bridgehead atoms. The minimum absolute atomic E-state index is 0.0287. The molecule has 0 aliphatic carbocycles. The van der Waals surface area contributed by atoms with E-state index in [0.29, 0.717) is 28.6 Å². The number of hydrogen-bond donors (Lipinski definition) is 1. The number of nitrogens with zero attached hydrogens (tertiary/aromatic N) is 1. The molecule has 10 heteroatoms. The van der Waals surface area contributed by atoms with Gasteiger partial charge in [-0.15, -0.1) is 0 Å². The molecule has 0 radical (unpaired) electrons. The van der Waals surface area contributed by atoms with Gasteiger partial charge >= 0.3 is 0 Å². The first-order valence-electron chi connectivity index (χ1n) is 10.7. The third-order valence-corrected chi connectivity index (χ3v) is 6.28. The number of hydrogen-bond acceptors (Lipinski definition) is 7. The van der Waals surface area contributed by atoms with Crippen molar-refractivity contribution in [2.24, 2.45) is 0 Å². The fourth-order valence-electron chi connectivity index (χ4n) is 4.27. The number of methoxy groups -OCH3 is 2. The maximum absolute atomic E-state index is 13.9. The maximum atomic E-state index is 13.9. The molecule has 1 atom stereocenters. The lowest BCUT2D eigenvalue weighted by atomic mass is 9.94. The van der Waals surface area contributed by atoms with E-state index in [1.54, 1.807) is 30.3 Å². The summed E-state index contributed by atoms with van der Waals surface area (Å²) in [6.45, 7) is 0.0287. The lowest BCUT2D eigenvalue weighted by molar-refractivity contribution is -0.132. The lowest BCUT2D eigenvalue weighted by Crippen LogP contribution is -2.29. The van der Waals surface area contributed by atoms with Crippen LogP contribution in [0.25, 0.3) is 5.76 Å². The van der Waals surface area contributed by atoms with Gasteiger partial charge in [0.05, 0.1) is 30.9 Å². The fourth-order valence-corrected chi connectivity index (χ4v) is 4.45. The van der Waals surface area contributed by atoms with Crippen molar-refractivity contribution in [2.75, 3.05) is 25.9 Å². The molecule has 5 rings (SSSR count). The van der Waals surface area contributed by atoms with Crippen LogP contribution in [0.3, 0.4) is 0 Å². The quantitative estimate of drug-likeness (QED) is 0.297. The molecule has 184 valence electrons. The zero-order chi connectivity index (χ0) is 25.6. The number of amides is 1. The molecule has 0 spiro atoms. The largest absolute Gasteiger partial charge is 0.507 e. The Hall–Kier alpha value is -4.24. The van der Waals surface area contributed by atoms with Crippen molar-refractivity contribution in [1.82, 2.24) is 0 Å². The molecule has 1 N–H and O–H groups in total. The standard InChI is InChI=1S/C26H19ClFNO7/c1-33-18-7-3-13(9-20(18)34-2)23-22(24(30)14-4-8-19-21(10-14)36-12-35-19)25(31)26(32)29(23)15-5-6-17(28)16(27)11-15/h3-11,23,30H,12H2,1-2H3/b24-22+. The van der Waals surface area contributed by atoms with E-state index >= 15 is 0 Å². The first-order valence-corrected chi connectivity index (χ1v) is 11.1. The van der Waals surface area contributed by atoms with Gasteiger partial charge in [-0.3, -0.25) is 14.5 Å². The number of ether oxygens (including phenoxy) is 4. The van der Waals surface area contributed by atoms with Crippen molar-refractivity contribution >= 4 is 34.7 Å². The summed E-state index contributed by atoms with van der Waals surface area (Å²) in [7, 11) is 2.93. The van der Waals surface area contributed by atoms with E-state index in [1.807, 2.05) is 0 Å². The van der Waals surface area contributed by atoms with Crippen molar-refractivity contribution in [3.05, 3.63) is 82.1 Å². The van der Waals surface area contributed by atoms with Gasteiger partial charge < -0.3 is 24.1 Å². The molecule has 2 aliphatic rings. The number of carbonyl (C=O) groups excluding carboxylic acids is 2. The second-order valence-electron chi connectivity index (χ2n) is 7.95. The number of benzene rings is 3. The average Bonchev–Trinajstić information content (AvgIpc) is 3.46. The summed E-state index contributed by atoms with van der Waals surface area (Å²) in [4.78, 5) is 27.8. The third-order valence-electron chi connectivity index (χ3n) is 6.00. The second kappa shape index (κ2) is 9.09. The van der Waals surface area contributed by atoms with Crippen molar-refractivity contribution in [3.63, 3.8) is 0 Å². The molecule has 0 saturated carbocycles. The molecular formula is C26H19ClFNO7. The molecule has 1 saturated heterocycles. The summed E-state index contributed by atoms with van der Waals surface area (Å²) < 4.78 is 35.3. The van der Waals surface area contributed by atoms with Gasteiger partial charge in [-0.2, -0.15) is 0 Å². The molecule has 3 aromatic carbocycles. The first kappa shape index (κ1) is 23.5. The van der Waals surface area contributed by atoms with Crippen molar-refractivity contribution in [3.8, 4) is 23.0 Å². The number of ketones is 1. The van der Waals surface area contributed by atoms with Gasteiger partial charge in [0.15, 0.2) is 23.0 Å². The van der Waals surface area contributed by atoms with Gasteiger partial charge in [-0.1, -0.05) is 17.7 Å². The summed E-state index contributed by atoms with van der Waals surface area (Å²) in [5.74, 6) is -1.28. The minimum Gasteiger partial charge on any atom is -0.507 e. The zero-order valence-electron chi connectivity index (χ0n) is 19.1. The Kier molecular flexibility index (Phi) is 5.93. The van der Waals surface area contributed by atoms with Crippen LogP contribution in [0.4, 0.5) is 10.1 Å². The third kappa shape index (κ3) is 3.77. The molecule has 36 heavy (non-hydrogen) atoms. The lowest BCUT2D eigenvalue weighted by Gasteiger charge is -2.26. The van der Waals surface area contributed by atoms with E-state index in [0.717, 1.165) is 11.0 Å². The summed E-state index contributed by atoms with van der Waals surface area (Å²) in [6, 6.07) is 12.1. The summed E-state index contributed by atoms with van der Waals surface area (Å²) in [5.41, 5.74) is 0.689. The van der Waals surface area contributed by atoms with Gasteiger partial charge in [0.25, 0.3) is 11.7 Å². The molecule has 8 nitrogen and oxygen atoms in total. The highest BCUT2D eigenvalue weighted by Crippen LogP contribution is 2.45. The van der Waals surface area contributed by atoms with Crippen LogP contribution in [0, 0.1) is 5.82 Å². The van der Waals surface area contributed by atoms with Gasteiger partial charge in [-0.05, 0) is 54.1 Å². The van der Waals surface area contributed by atoms with Crippen LogP contribution in [0.5, 0.6) is 23.0 Å². The second-order valence-corrected chi connectivity index (χ2v) is 8.36. The molecule has 2 aliphatic heterocycles. The summed E-state index contributed by atoms with van der Waals surface area (Å²) >= 11 is 5.98. The predicted octanol–water partition coefficient (Wildman–Crippen LogP) is 4.85. The Morgan fingerprint density at radius 3 is 2.47 bits per heavy atom. The normalized spacial score (nSPS) is 18.0. The van der Waals surface area contributed by atoms with Gasteiger partial charge in [0.1, 0.15) is 11.6 Å². The minimum atomic E-state index is -1.09. The number of carbonyl (C=O) groups is 2. The smallest absolute Gasteiger partial charge is 0.300 e. The van der Waals surface area contributed by atoms with E-state index in [4.69, 9.17) is 30.5 Å². The van der Waals surface area contributed by atoms with Crippen LogP contribution in [0.2, 0.25) is 5.02 Å². The zero-order valence-corrected chi connectivity index (χ0v) is 19.8. The molecule has 0 aromatic heterocycles. The monoisotopic (exact) mass is 511 g/mol. The highest BCUT2D eigenvalue weighted by molar-refractivity contribution is 6.51. The van der Waals surface area contributed by atoms with E-state index in [9.17, 15) is 19.1 Å². The molecule has 1 amide bonds. The van der Waals surface area contributed by atoms with Crippen LogP contribution in [-0.2, 0) is 9.59 Å². The number of Topliss-reactive ketones (excluding diaryl/α,β-unsaturated/α-hetero) is 1. The number of anilines is 1.